The molecule has 0 heterocycles. The van der Waals surface area contributed by atoms with E-state index in [1.807, 2.05) is 0 Å². The third-order valence-electron chi connectivity index (χ3n) is 3.08. The Hall–Kier alpha value is -2.93. The average molecular weight is 286 g/mol. The highest BCUT2D eigenvalue weighted by molar-refractivity contribution is 6.08. The molecule has 0 aliphatic carbocycles. The largest absolute Gasteiger partial charge is 0.323 e. The molecular formula is C14H14N4O3. The Morgan fingerprint density at radius 2 is 1.81 bits per heavy atom. The van der Waals surface area contributed by atoms with Gasteiger partial charge in [-0.25, -0.2) is 0 Å². The molecule has 7 heteroatoms. The van der Waals surface area contributed by atoms with Crippen molar-refractivity contribution in [3.8, 4) is 0 Å². The van der Waals surface area contributed by atoms with Gasteiger partial charge in [-0.15, -0.1) is 0 Å². The van der Waals surface area contributed by atoms with Crippen LogP contribution in [0, 0.1) is 17.0 Å². The number of hydrazine groups is 1. The Morgan fingerprint density at radius 1 is 1.14 bits per heavy atom. The molecule has 0 bridgehead atoms. The van der Waals surface area contributed by atoms with Crippen molar-refractivity contribution in [3.05, 3.63) is 63.7 Å². The van der Waals surface area contributed by atoms with Crippen molar-refractivity contribution in [1.29, 1.82) is 0 Å². The van der Waals surface area contributed by atoms with Gasteiger partial charge in [0.1, 0.15) is 0 Å². The van der Waals surface area contributed by atoms with Crippen molar-refractivity contribution in [2.75, 3.05) is 10.7 Å². The highest BCUT2D eigenvalue weighted by atomic mass is 16.6. The summed E-state index contributed by atoms with van der Waals surface area (Å²) in [6.45, 7) is 1.58. The standard InChI is InChI=1S/C14H14N4O3/c1-9-11(7-4-8-13(9)18(20)21)16-14(19)10-5-2-3-6-12(10)17-15/h2-8,17H,15H2,1H3,(H,16,19). The van der Waals surface area contributed by atoms with E-state index in [0.717, 1.165) is 0 Å². The van der Waals surface area contributed by atoms with E-state index in [1.54, 1.807) is 37.3 Å². The lowest BCUT2D eigenvalue weighted by atomic mass is 10.1. The molecular weight excluding hydrogens is 272 g/mol. The van der Waals surface area contributed by atoms with E-state index in [1.165, 1.54) is 12.1 Å². The molecule has 108 valence electrons. The molecule has 21 heavy (non-hydrogen) atoms. The van der Waals surface area contributed by atoms with Gasteiger partial charge in [-0.05, 0) is 25.1 Å². The molecule has 0 spiro atoms. The number of anilines is 2. The number of hydrogen-bond acceptors (Lipinski definition) is 5. The van der Waals surface area contributed by atoms with E-state index < -0.39 is 10.8 Å². The van der Waals surface area contributed by atoms with Gasteiger partial charge < -0.3 is 10.7 Å². The molecule has 1 amide bonds. The van der Waals surface area contributed by atoms with Crippen LogP contribution in [0.2, 0.25) is 0 Å². The number of amides is 1. The summed E-state index contributed by atoms with van der Waals surface area (Å²) in [5, 5.41) is 13.6. The number of nitrogen functional groups attached to an aromatic ring is 1. The number of nitrogens with two attached hydrogens (primary N) is 1. The molecule has 0 unspecified atom stereocenters. The monoisotopic (exact) mass is 286 g/mol. The van der Waals surface area contributed by atoms with Crippen molar-refractivity contribution in [2.24, 2.45) is 5.84 Å². The lowest BCUT2D eigenvalue weighted by Crippen LogP contribution is -2.17. The van der Waals surface area contributed by atoms with Gasteiger partial charge in [0, 0.05) is 6.07 Å². The van der Waals surface area contributed by atoms with Crippen LogP contribution in [0.3, 0.4) is 0 Å². The summed E-state index contributed by atoms with van der Waals surface area (Å²) in [4.78, 5) is 22.7. The normalized spacial score (nSPS) is 10.0. The molecule has 0 aliphatic heterocycles. The number of rotatable bonds is 4. The van der Waals surface area contributed by atoms with E-state index in [0.29, 0.717) is 22.5 Å². The minimum Gasteiger partial charge on any atom is -0.323 e. The Labute approximate surface area is 120 Å². The Kier molecular flexibility index (Phi) is 4.15. The molecule has 2 rings (SSSR count). The number of nitro benzene ring substituents is 1. The number of nitrogens with zero attached hydrogens (tertiary/aromatic N) is 1. The van der Waals surface area contributed by atoms with Gasteiger partial charge in [-0.2, -0.15) is 0 Å². The van der Waals surface area contributed by atoms with Crippen molar-refractivity contribution in [2.45, 2.75) is 6.92 Å². The molecule has 2 aromatic rings. The lowest BCUT2D eigenvalue weighted by molar-refractivity contribution is -0.385. The van der Waals surface area contributed by atoms with Gasteiger partial charge in [0.25, 0.3) is 11.6 Å². The van der Waals surface area contributed by atoms with Crippen LogP contribution in [0.5, 0.6) is 0 Å². The van der Waals surface area contributed by atoms with Crippen LogP contribution in [0.25, 0.3) is 0 Å². The minimum absolute atomic E-state index is 0.0435. The number of carbonyl (C=O) groups excluding carboxylic acids is 1. The summed E-state index contributed by atoms with van der Waals surface area (Å²) in [7, 11) is 0. The molecule has 7 nitrogen and oxygen atoms in total. The maximum absolute atomic E-state index is 12.3. The summed E-state index contributed by atoms with van der Waals surface area (Å²) in [6.07, 6.45) is 0. The van der Waals surface area contributed by atoms with Crippen LogP contribution in [0.15, 0.2) is 42.5 Å². The first-order chi connectivity index (χ1) is 10.0. The Bertz CT molecular complexity index is 700. The van der Waals surface area contributed by atoms with E-state index >= 15 is 0 Å². The molecule has 0 atom stereocenters. The third kappa shape index (κ3) is 2.98. The number of benzene rings is 2. The fourth-order valence-electron chi connectivity index (χ4n) is 1.95. The fraction of sp³-hybridized carbons (Fsp3) is 0.0714. The van der Waals surface area contributed by atoms with Crippen LogP contribution in [0.4, 0.5) is 17.1 Å². The summed E-state index contributed by atoms with van der Waals surface area (Å²) in [6, 6.07) is 11.2. The van der Waals surface area contributed by atoms with Crippen LogP contribution in [-0.2, 0) is 0 Å². The zero-order valence-electron chi connectivity index (χ0n) is 11.3. The smallest absolute Gasteiger partial charge is 0.274 e. The van der Waals surface area contributed by atoms with Gasteiger partial charge in [0.05, 0.1) is 27.4 Å². The zero-order chi connectivity index (χ0) is 15.4. The highest BCUT2D eigenvalue weighted by Crippen LogP contribution is 2.26. The molecule has 0 saturated carbocycles. The highest BCUT2D eigenvalue weighted by Gasteiger charge is 2.16. The quantitative estimate of drug-likeness (QED) is 0.454. The topological polar surface area (TPSA) is 110 Å². The van der Waals surface area contributed by atoms with Gasteiger partial charge in [0.15, 0.2) is 0 Å². The summed E-state index contributed by atoms with van der Waals surface area (Å²) in [5.74, 6) is 4.96. The van der Waals surface area contributed by atoms with Gasteiger partial charge >= 0.3 is 0 Å². The number of carbonyl (C=O) groups is 1. The van der Waals surface area contributed by atoms with E-state index in [4.69, 9.17) is 5.84 Å². The summed E-state index contributed by atoms with van der Waals surface area (Å²) < 4.78 is 0. The summed E-state index contributed by atoms with van der Waals surface area (Å²) >= 11 is 0. The molecule has 0 radical (unpaired) electrons. The predicted molar refractivity (Wildman–Crippen MR) is 80.0 cm³/mol. The summed E-state index contributed by atoms with van der Waals surface area (Å²) in [5.41, 5.74) is 4.00. The van der Waals surface area contributed by atoms with Crippen molar-refractivity contribution >= 4 is 23.0 Å². The first-order valence-electron chi connectivity index (χ1n) is 6.15. The maximum Gasteiger partial charge on any atom is 0.274 e. The van der Waals surface area contributed by atoms with Gasteiger partial charge in [-0.1, -0.05) is 18.2 Å². The SMILES string of the molecule is Cc1c(NC(=O)c2ccccc2NN)cccc1[N+](=O)[O-]. The Morgan fingerprint density at radius 3 is 2.48 bits per heavy atom. The maximum atomic E-state index is 12.3. The van der Waals surface area contributed by atoms with E-state index in [-0.39, 0.29) is 5.69 Å². The van der Waals surface area contributed by atoms with Crippen LogP contribution in [-0.4, -0.2) is 10.8 Å². The number of hydrogen-bond donors (Lipinski definition) is 3. The second-order valence-electron chi connectivity index (χ2n) is 4.35. The molecule has 4 N–H and O–H groups in total. The predicted octanol–water partition coefficient (Wildman–Crippen LogP) is 2.44. The molecule has 0 fully saturated rings. The molecule has 0 aliphatic rings. The van der Waals surface area contributed by atoms with Gasteiger partial charge in [-0.3, -0.25) is 20.8 Å². The minimum atomic E-state index is -0.486. The van der Waals surface area contributed by atoms with Crippen molar-refractivity contribution in [1.82, 2.24) is 0 Å². The number of nitro groups is 1. The Balaban J connectivity index is 2.32. The number of para-hydroxylation sites is 1. The zero-order valence-corrected chi connectivity index (χ0v) is 11.3. The molecule has 0 aromatic heterocycles. The van der Waals surface area contributed by atoms with Crippen LogP contribution >= 0.6 is 0 Å². The van der Waals surface area contributed by atoms with Gasteiger partial charge in [0.2, 0.25) is 0 Å². The second kappa shape index (κ2) is 6.02. The molecule has 0 saturated heterocycles. The first-order valence-corrected chi connectivity index (χ1v) is 6.15. The van der Waals surface area contributed by atoms with E-state index in [2.05, 4.69) is 10.7 Å². The van der Waals surface area contributed by atoms with Crippen molar-refractivity contribution in [3.63, 3.8) is 0 Å². The first kappa shape index (κ1) is 14.5. The van der Waals surface area contributed by atoms with Crippen molar-refractivity contribution < 1.29 is 9.72 Å². The average Bonchev–Trinajstić information content (AvgIpc) is 2.48. The van der Waals surface area contributed by atoms with Crippen LogP contribution in [0.1, 0.15) is 15.9 Å². The number of nitrogens with one attached hydrogen (secondary N) is 2. The third-order valence-corrected chi connectivity index (χ3v) is 3.08. The molecule has 2 aromatic carbocycles. The second-order valence-corrected chi connectivity index (χ2v) is 4.35. The lowest BCUT2D eigenvalue weighted by Gasteiger charge is -2.11. The van der Waals surface area contributed by atoms with Crippen LogP contribution < -0.4 is 16.6 Å². The van der Waals surface area contributed by atoms with E-state index in [9.17, 15) is 14.9 Å². The fourth-order valence-corrected chi connectivity index (χ4v) is 1.95.